The number of hydrogen-bond acceptors (Lipinski definition) is 2. The fourth-order valence-electron chi connectivity index (χ4n) is 2.42. The maximum absolute atomic E-state index is 6.24. The summed E-state index contributed by atoms with van der Waals surface area (Å²) in [7, 11) is 0. The fourth-order valence-corrected chi connectivity index (χ4v) is 2.91. The molecule has 3 nitrogen and oxygen atoms in total. The lowest BCUT2D eigenvalue weighted by molar-refractivity contribution is 0.276. The van der Waals surface area contributed by atoms with Crippen LogP contribution >= 0.6 is 27.5 Å². The monoisotopic (exact) mass is 327 g/mol. The van der Waals surface area contributed by atoms with Gasteiger partial charge < -0.3 is 4.57 Å². The lowest BCUT2D eigenvalue weighted by Gasteiger charge is -2.26. The lowest BCUT2D eigenvalue weighted by atomic mass is 9.85. The Hall–Kier alpha value is -0.610. The van der Waals surface area contributed by atoms with E-state index in [-0.39, 0.29) is 5.38 Å². The van der Waals surface area contributed by atoms with Gasteiger partial charge in [0.05, 0.1) is 5.38 Å². The van der Waals surface area contributed by atoms with Gasteiger partial charge in [-0.1, -0.05) is 6.42 Å². The molecule has 0 saturated heterocycles. The zero-order valence-corrected chi connectivity index (χ0v) is 12.6. The maximum Gasteiger partial charge on any atom is 0.160 e. The summed E-state index contributed by atoms with van der Waals surface area (Å²) in [5, 5.41) is -0.0851. The van der Waals surface area contributed by atoms with Crippen molar-refractivity contribution in [2.75, 3.05) is 0 Å². The van der Waals surface area contributed by atoms with Crippen LogP contribution in [0.15, 0.2) is 16.7 Å². The molecular weight excluding hydrogens is 314 g/mol. The van der Waals surface area contributed by atoms with Gasteiger partial charge in [0, 0.05) is 17.2 Å². The molecule has 1 fully saturated rings. The van der Waals surface area contributed by atoms with Crippen molar-refractivity contribution in [2.45, 2.75) is 38.1 Å². The topological polar surface area (TPSA) is 30.7 Å². The molecule has 96 valence electrons. The van der Waals surface area contributed by atoms with Gasteiger partial charge in [0.1, 0.15) is 11.3 Å². The fraction of sp³-hybridized carbons (Fsp3) is 0.538. The summed E-state index contributed by atoms with van der Waals surface area (Å²) < 4.78 is 3.15. The van der Waals surface area contributed by atoms with Crippen molar-refractivity contribution < 1.29 is 0 Å². The maximum atomic E-state index is 6.24. The Kier molecular flexibility index (Phi) is 3.32. The first-order valence-electron chi connectivity index (χ1n) is 6.31. The number of rotatable bonds is 3. The predicted molar refractivity (Wildman–Crippen MR) is 76.8 cm³/mol. The highest BCUT2D eigenvalue weighted by atomic mass is 79.9. The highest BCUT2D eigenvalue weighted by molar-refractivity contribution is 9.10. The summed E-state index contributed by atoms with van der Waals surface area (Å²) in [4.78, 5) is 9.11. The van der Waals surface area contributed by atoms with E-state index in [9.17, 15) is 0 Å². The summed E-state index contributed by atoms with van der Waals surface area (Å²) in [5.41, 5.74) is 1.87. The molecule has 0 amide bonds. The summed E-state index contributed by atoms with van der Waals surface area (Å²) in [6.07, 6.45) is 5.80. The number of nitrogens with zero attached hydrogens (tertiary/aromatic N) is 3. The third-order valence-electron chi connectivity index (χ3n) is 3.60. The van der Waals surface area contributed by atoms with Crippen LogP contribution in [0.5, 0.6) is 0 Å². The second-order valence-electron chi connectivity index (χ2n) is 4.99. The van der Waals surface area contributed by atoms with E-state index in [0.717, 1.165) is 33.9 Å². The Morgan fingerprint density at radius 2 is 2.33 bits per heavy atom. The molecule has 1 atom stereocenters. The largest absolute Gasteiger partial charge is 0.311 e. The Morgan fingerprint density at radius 1 is 1.56 bits per heavy atom. The number of pyridine rings is 1. The molecule has 0 bridgehead atoms. The quantitative estimate of drug-likeness (QED) is 0.787. The third-order valence-corrected chi connectivity index (χ3v) is 4.23. The van der Waals surface area contributed by atoms with E-state index in [2.05, 4.69) is 30.5 Å². The minimum atomic E-state index is -0.0851. The highest BCUT2D eigenvalue weighted by Crippen LogP contribution is 2.32. The Morgan fingerprint density at radius 3 is 2.94 bits per heavy atom. The van der Waals surface area contributed by atoms with Crippen LogP contribution in [0.4, 0.5) is 0 Å². The van der Waals surface area contributed by atoms with Crippen molar-refractivity contribution in [2.24, 2.45) is 5.92 Å². The van der Waals surface area contributed by atoms with Gasteiger partial charge in [-0.25, -0.2) is 9.97 Å². The van der Waals surface area contributed by atoms with Crippen LogP contribution in [0.1, 0.15) is 37.4 Å². The van der Waals surface area contributed by atoms with Crippen molar-refractivity contribution in [3.05, 3.63) is 22.6 Å². The smallest absolute Gasteiger partial charge is 0.160 e. The predicted octanol–water partition coefficient (Wildman–Crippen LogP) is 4.29. The van der Waals surface area contributed by atoms with Crippen molar-refractivity contribution in [3.8, 4) is 0 Å². The number of alkyl halides is 1. The number of aromatic nitrogens is 3. The van der Waals surface area contributed by atoms with Crippen molar-refractivity contribution in [3.63, 3.8) is 0 Å². The molecule has 5 heteroatoms. The van der Waals surface area contributed by atoms with Gasteiger partial charge in [-0.3, -0.25) is 0 Å². The molecule has 18 heavy (non-hydrogen) atoms. The van der Waals surface area contributed by atoms with E-state index in [1.165, 1.54) is 19.3 Å². The average Bonchev–Trinajstić information content (AvgIpc) is 2.61. The first kappa shape index (κ1) is 12.4. The molecule has 0 spiro atoms. The Balaban J connectivity index is 2.08. The molecule has 2 heterocycles. The van der Waals surface area contributed by atoms with Crippen LogP contribution in [0.25, 0.3) is 11.2 Å². The average molecular weight is 329 g/mol. The van der Waals surface area contributed by atoms with E-state index >= 15 is 0 Å². The third kappa shape index (κ3) is 2.16. The van der Waals surface area contributed by atoms with Gasteiger partial charge in [0.25, 0.3) is 0 Å². The molecule has 2 aromatic rings. The molecule has 1 saturated carbocycles. The van der Waals surface area contributed by atoms with E-state index in [0.29, 0.717) is 0 Å². The first-order valence-corrected chi connectivity index (χ1v) is 7.54. The lowest BCUT2D eigenvalue weighted by Crippen LogP contribution is -2.19. The van der Waals surface area contributed by atoms with Crippen LogP contribution in [0, 0.1) is 5.92 Å². The molecule has 1 unspecified atom stereocenters. The number of imidazole rings is 1. The van der Waals surface area contributed by atoms with Crippen LogP contribution in [-0.4, -0.2) is 14.5 Å². The van der Waals surface area contributed by atoms with E-state index < -0.39 is 0 Å². The van der Waals surface area contributed by atoms with E-state index in [1.807, 2.05) is 19.2 Å². The summed E-state index contributed by atoms with van der Waals surface area (Å²) in [6.45, 7) is 2.96. The minimum absolute atomic E-state index is 0.0851. The molecule has 0 radical (unpaired) electrons. The second-order valence-corrected chi connectivity index (χ2v) is 6.56. The van der Waals surface area contributed by atoms with Crippen LogP contribution in [-0.2, 0) is 6.54 Å². The number of fused-ring (bicyclic) bond motifs is 1. The van der Waals surface area contributed by atoms with Gasteiger partial charge in [0.2, 0.25) is 0 Å². The SMILES string of the molecule is CC(Cl)c1nc2cc(Br)cnc2n1CC1CCC1. The zero-order chi connectivity index (χ0) is 12.7. The van der Waals surface area contributed by atoms with Gasteiger partial charge in [-0.2, -0.15) is 0 Å². The molecule has 3 rings (SSSR count). The van der Waals surface area contributed by atoms with E-state index in [1.54, 1.807) is 0 Å². The minimum Gasteiger partial charge on any atom is -0.311 e. The molecule has 0 aromatic carbocycles. The van der Waals surface area contributed by atoms with Gasteiger partial charge in [-0.05, 0) is 47.7 Å². The highest BCUT2D eigenvalue weighted by Gasteiger charge is 2.23. The Bertz CT molecular complexity index is 575. The van der Waals surface area contributed by atoms with Crippen molar-refractivity contribution >= 4 is 38.7 Å². The summed E-state index contributed by atoms with van der Waals surface area (Å²) >= 11 is 9.68. The normalized spacial score (nSPS) is 17.9. The standard InChI is InChI=1S/C13H15BrClN3/c1-8(15)12-17-11-5-10(14)6-16-13(11)18(12)7-9-3-2-4-9/h5-6,8-9H,2-4,7H2,1H3. The Labute approximate surface area is 120 Å². The molecule has 1 aliphatic rings. The number of hydrogen-bond donors (Lipinski definition) is 0. The summed E-state index contributed by atoms with van der Waals surface area (Å²) in [6, 6.07) is 2.00. The summed E-state index contributed by atoms with van der Waals surface area (Å²) in [5.74, 6) is 1.70. The van der Waals surface area contributed by atoms with Gasteiger partial charge in [-0.15, -0.1) is 11.6 Å². The van der Waals surface area contributed by atoms with Crippen LogP contribution in [0.2, 0.25) is 0 Å². The zero-order valence-electron chi connectivity index (χ0n) is 10.2. The molecule has 1 aliphatic carbocycles. The molecule has 0 aliphatic heterocycles. The van der Waals surface area contributed by atoms with Crippen molar-refractivity contribution in [1.82, 2.24) is 14.5 Å². The second kappa shape index (κ2) is 4.82. The van der Waals surface area contributed by atoms with Crippen LogP contribution < -0.4 is 0 Å². The van der Waals surface area contributed by atoms with Gasteiger partial charge in [0.15, 0.2) is 5.65 Å². The number of halogens is 2. The van der Waals surface area contributed by atoms with E-state index in [4.69, 9.17) is 11.6 Å². The first-order chi connectivity index (χ1) is 8.65. The van der Waals surface area contributed by atoms with Crippen molar-refractivity contribution in [1.29, 1.82) is 0 Å². The molecule has 0 N–H and O–H groups in total. The molecular formula is C13H15BrClN3. The molecule has 2 aromatic heterocycles. The van der Waals surface area contributed by atoms with Crippen LogP contribution in [0.3, 0.4) is 0 Å². The van der Waals surface area contributed by atoms with Gasteiger partial charge >= 0.3 is 0 Å².